The Labute approximate surface area is 113 Å². The molecule has 0 atom stereocenters. The van der Waals surface area contributed by atoms with Crippen molar-refractivity contribution < 1.29 is 4.79 Å². The van der Waals surface area contributed by atoms with Crippen LogP contribution in [0.5, 0.6) is 0 Å². The fourth-order valence-corrected chi connectivity index (χ4v) is 2.22. The molecular formula is C14H18N4O. The van der Waals surface area contributed by atoms with Crippen molar-refractivity contribution in [3.63, 3.8) is 0 Å². The number of nitrogens with zero attached hydrogens (tertiary/aromatic N) is 3. The first-order valence-corrected chi connectivity index (χ1v) is 6.42. The first-order valence-electron chi connectivity index (χ1n) is 6.42. The Morgan fingerprint density at radius 1 is 1.37 bits per heavy atom. The lowest BCUT2D eigenvalue weighted by Crippen LogP contribution is -2.51. The number of amides is 2. The summed E-state index contributed by atoms with van der Waals surface area (Å²) in [6.07, 6.45) is 0. The number of hydrogen-bond acceptors (Lipinski definition) is 3. The molecule has 2 amide bonds. The van der Waals surface area contributed by atoms with Crippen molar-refractivity contribution in [3.05, 3.63) is 29.8 Å². The normalized spacial score (nSPS) is 14.9. The molecule has 2 rings (SSSR count). The van der Waals surface area contributed by atoms with Crippen molar-refractivity contribution in [2.45, 2.75) is 6.92 Å². The quantitative estimate of drug-likeness (QED) is 0.815. The maximum atomic E-state index is 11.7. The number of benzene rings is 1. The number of nitrogens with one attached hydrogen (secondary N) is 1. The van der Waals surface area contributed by atoms with Gasteiger partial charge < -0.3 is 15.1 Å². The maximum absolute atomic E-state index is 11.7. The van der Waals surface area contributed by atoms with Crippen LogP contribution in [0.15, 0.2) is 24.3 Å². The predicted octanol–water partition coefficient (Wildman–Crippen LogP) is 1.35. The lowest BCUT2D eigenvalue weighted by atomic mass is 10.2. The van der Waals surface area contributed by atoms with Crippen molar-refractivity contribution >= 4 is 11.7 Å². The van der Waals surface area contributed by atoms with Crippen LogP contribution >= 0.6 is 0 Å². The van der Waals surface area contributed by atoms with E-state index in [1.165, 1.54) is 11.3 Å². The van der Waals surface area contributed by atoms with E-state index in [1.807, 2.05) is 6.07 Å². The molecule has 100 valence electrons. The Bertz CT molecular complexity index is 486. The summed E-state index contributed by atoms with van der Waals surface area (Å²) in [4.78, 5) is 15.7. The highest BCUT2D eigenvalue weighted by atomic mass is 16.2. The van der Waals surface area contributed by atoms with E-state index < -0.39 is 0 Å². The first kappa shape index (κ1) is 13.2. The minimum absolute atomic E-state index is 0.0664. The Morgan fingerprint density at radius 2 is 2.11 bits per heavy atom. The van der Waals surface area contributed by atoms with Gasteiger partial charge in [0.2, 0.25) is 0 Å². The van der Waals surface area contributed by atoms with Gasteiger partial charge in [-0.05, 0) is 24.6 Å². The fourth-order valence-electron chi connectivity index (χ4n) is 2.22. The lowest BCUT2D eigenvalue weighted by Gasteiger charge is -2.36. The average molecular weight is 258 g/mol. The van der Waals surface area contributed by atoms with Gasteiger partial charge in [-0.25, -0.2) is 4.79 Å². The van der Waals surface area contributed by atoms with Gasteiger partial charge in [-0.3, -0.25) is 0 Å². The van der Waals surface area contributed by atoms with E-state index in [0.29, 0.717) is 13.1 Å². The Morgan fingerprint density at radius 3 is 2.74 bits per heavy atom. The molecule has 0 saturated carbocycles. The second-order valence-electron chi connectivity index (χ2n) is 4.63. The second-order valence-corrected chi connectivity index (χ2v) is 4.63. The minimum atomic E-state index is -0.148. The zero-order valence-corrected chi connectivity index (χ0v) is 11.1. The predicted molar refractivity (Wildman–Crippen MR) is 74.0 cm³/mol. The molecule has 1 aromatic rings. The summed E-state index contributed by atoms with van der Waals surface area (Å²) < 4.78 is 0. The molecule has 1 fully saturated rings. The van der Waals surface area contributed by atoms with Gasteiger partial charge in [-0.1, -0.05) is 12.1 Å². The van der Waals surface area contributed by atoms with Crippen molar-refractivity contribution in [2.75, 3.05) is 37.6 Å². The fraction of sp³-hybridized carbons (Fsp3) is 0.429. The molecule has 1 N–H and O–H groups in total. The highest BCUT2D eigenvalue weighted by Gasteiger charge is 2.20. The van der Waals surface area contributed by atoms with E-state index in [9.17, 15) is 4.79 Å². The van der Waals surface area contributed by atoms with Crippen molar-refractivity contribution in [3.8, 4) is 6.07 Å². The van der Waals surface area contributed by atoms with E-state index in [2.05, 4.69) is 41.4 Å². The largest absolute Gasteiger partial charge is 0.368 e. The molecule has 0 radical (unpaired) electrons. The van der Waals surface area contributed by atoms with E-state index in [0.717, 1.165) is 13.1 Å². The lowest BCUT2D eigenvalue weighted by molar-refractivity contribution is 0.195. The van der Waals surface area contributed by atoms with Gasteiger partial charge >= 0.3 is 6.03 Å². The maximum Gasteiger partial charge on any atom is 0.318 e. The number of anilines is 1. The van der Waals surface area contributed by atoms with Crippen LogP contribution in [0.4, 0.5) is 10.5 Å². The third kappa shape index (κ3) is 3.38. The van der Waals surface area contributed by atoms with Crippen molar-refractivity contribution in [1.29, 1.82) is 5.26 Å². The zero-order chi connectivity index (χ0) is 13.7. The second kappa shape index (κ2) is 6.10. The van der Waals surface area contributed by atoms with E-state index in [1.54, 1.807) is 4.90 Å². The number of urea groups is 1. The molecule has 0 bridgehead atoms. The topological polar surface area (TPSA) is 59.4 Å². The van der Waals surface area contributed by atoms with Gasteiger partial charge in [0.1, 0.15) is 6.54 Å². The van der Waals surface area contributed by atoms with E-state index >= 15 is 0 Å². The number of nitriles is 1. The van der Waals surface area contributed by atoms with Gasteiger partial charge in [0.25, 0.3) is 0 Å². The summed E-state index contributed by atoms with van der Waals surface area (Å²) in [5, 5.41) is 11.0. The van der Waals surface area contributed by atoms with Crippen molar-refractivity contribution in [1.82, 2.24) is 10.2 Å². The highest BCUT2D eigenvalue weighted by Crippen LogP contribution is 2.17. The molecule has 0 spiro atoms. The summed E-state index contributed by atoms with van der Waals surface area (Å²) >= 11 is 0. The molecule has 0 aromatic heterocycles. The van der Waals surface area contributed by atoms with Crippen LogP contribution in [0, 0.1) is 18.3 Å². The smallest absolute Gasteiger partial charge is 0.318 e. The molecule has 1 aliphatic rings. The summed E-state index contributed by atoms with van der Waals surface area (Å²) in [6, 6.07) is 10.1. The van der Waals surface area contributed by atoms with Gasteiger partial charge in [0.15, 0.2) is 0 Å². The molecule has 19 heavy (non-hydrogen) atoms. The number of hydrogen-bond donors (Lipinski definition) is 1. The van der Waals surface area contributed by atoms with Crippen molar-refractivity contribution in [2.24, 2.45) is 0 Å². The molecule has 0 unspecified atom stereocenters. The SMILES string of the molecule is Cc1cccc(N2CCN(C(=O)NCC#N)CC2)c1. The molecule has 5 nitrogen and oxygen atoms in total. The number of rotatable bonds is 2. The van der Waals surface area contributed by atoms with Gasteiger partial charge in [0.05, 0.1) is 6.07 Å². The van der Waals surface area contributed by atoms with Crippen LogP contribution in [0.3, 0.4) is 0 Å². The number of aryl methyl sites for hydroxylation is 1. The van der Waals surface area contributed by atoms with Gasteiger partial charge in [-0.2, -0.15) is 5.26 Å². The molecule has 0 aliphatic carbocycles. The zero-order valence-electron chi connectivity index (χ0n) is 11.1. The van der Waals surface area contributed by atoms with Crippen LogP contribution in [0.1, 0.15) is 5.56 Å². The van der Waals surface area contributed by atoms with E-state index in [-0.39, 0.29) is 12.6 Å². The monoisotopic (exact) mass is 258 g/mol. The van der Waals surface area contributed by atoms with Gasteiger partial charge in [-0.15, -0.1) is 0 Å². The third-order valence-corrected chi connectivity index (χ3v) is 3.25. The Kier molecular flexibility index (Phi) is 4.24. The molecular weight excluding hydrogens is 240 g/mol. The number of carbonyl (C=O) groups excluding carboxylic acids is 1. The summed E-state index contributed by atoms with van der Waals surface area (Å²) in [7, 11) is 0. The standard InChI is InChI=1S/C14H18N4O/c1-12-3-2-4-13(11-12)17-7-9-18(10-8-17)14(19)16-6-5-15/h2-4,11H,6-10H2,1H3,(H,16,19). The Hall–Kier alpha value is -2.22. The molecule has 1 aliphatic heterocycles. The van der Waals surface area contributed by atoms with Crippen LogP contribution in [-0.4, -0.2) is 43.7 Å². The minimum Gasteiger partial charge on any atom is -0.368 e. The number of piperazine rings is 1. The van der Waals surface area contributed by atoms with Crippen LogP contribution in [0.25, 0.3) is 0 Å². The van der Waals surface area contributed by atoms with Crippen LogP contribution in [-0.2, 0) is 0 Å². The summed E-state index contributed by atoms with van der Waals surface area (Å²) in [6.45, 7) is 5.16. The number of carbonyl (C=O) groups is 1. The molecule has 1 saturated heterocycles. The molecule has 1 aromatic carbocycles. The molecule has 1 heterocycles. The average Bonchev–Trinajstić information content (AvgIpc) is 2.45. The third-order valence-electron chi connectivity index (χ3n) is 3.25. The highest BCUT2D eigenvalue weighted by molar-refractivity contribution is 5.74. The van der Waals surface area contributed by atoms with Crippen LogP contribution < -0.4 is 10.2 Å². The first-order chi connectivity index (χ1) is 9.20. The summed E-state index contributed by atoms with van der Waals surface area (Å²) in [5.74, 6) is 0. The van der Waals surface area contributed by atoms with Gasteiger partial charge in [0, 0.05) is 31.9 Å². The van der Waals surface area contributed by atoms with E-state index in [4.69, 9.17) is 5.26 Å². The van der Waals surface area contributed by atoms with Crippen LogP contribution in [0.2, 0.25) is 0 Å². The Balaban J connectivity index is 1.89. The summed E-state index contributed by atoms with van der Waals surface area (Å²) in [5.41, 5.74) is 2.45. The molecule has 5 heteroatoms.